The van der Waals surface area contributed by atoms with Crippen LogP contribution in [0.3, 0.4) is 0 Å². The van der Waals surface area contributed by atoms with Crippen molar-refractivity contribution < 1.29 is 14.0 Å². The van der Waals surface area contributed by atoms with E-state index in [9.17, 15) is 14.0 Å². The summed E-state index contributed by atoms with van der Waals surface area (Å²) in [6.45, 7) is 2.12. The lowest BCUT2D eigenvalue weighted by Crippen LogP contribution is -2.25. The standard InChI is InChI=1S/C28H25FN4O2S/c1-2-18-8-10-20(11-9-18)24-16-23(19-6-4-3-5-7-19)32-33(24)28-31-27(35)25(36-28)17-26(34)30-22-14-12-21(29)13-15-22/h3-15,24-25H,2,16-17H2,1H3,(H,30,34)/t24-,25+/m1/s1. The first-order valence-electron chi connectivity index (χ1n) is 11.9. The van der Waals surface area contributed by atoms with Crippen molar-refractivity contribution in [1.29, 1.82) is 0 Å². The van der Waals surface area contributed by atoms with Gasteiger partial charge in [0.2, 0.25) is 5.91 Å². The van der Waals surface area contributed by atoms with Gasteiger partial charge in [-0.2, -0.15) is 10.1 Å². The Labute approximate surface area is 213 Å². The number of nitrogens with zero attached hydrogens (tertiary/aromatic N) is 3. The largest absolute Gasteiger partial charge is 0.326 e. The van der Waals surface area contributed by atoms with Crippen LogP contribution in [-0.2, 0) is 16.0 Å². The zero-order valence-electron chi connectivity index (χ0n) is 19.7. The summed E-state index contributed by atoms with van der Waals surface area (Å²) < 4.78 is 13.1. The highest BCUT2D eigenvalue weighted by atomic mass is 32.2. The number of aliphatic imine (C=N–C) groups is 1. The Kier molecular flexibility index (Phi) is 6.95. The van der Waals surface area contributed by atoms with E-state index >= 15 is 0 Å². The number of amides is 2. The number of rotatable bonds is 6. The van der Waals surface area contributed by atoms with E-state index in [-0.39, 0.29) is 30.1 Å². The number of hydrogen-bond donors (Lipinski definition) is 1. The molecule has 0 fully saturated rings. The smallest absolute Gasteiger partial charge is 0.262 e. The second-order valence-electron chi connectivity index (χ2n) is 8.67. The zero-order chi connectivity index (χ0) is 25.1. The Morgan fingerprint density at radius 3 is 2.47 bits per heavy atom. The third-order valence-electron chi connectivity index (χ3n) is 6.21. The number of amidine groups is 1. The van der Waals surface area contributed by atoms with Crippen molar-refractivity contribution in [2.75, 3.05) is 5.32 Å². The van der Waals surface area contributed by atoms with Gasteiger partial charge in [0.1, 0.15) is 11.1 Å². The summed E-state index contributed by atoms with van der Waals surface area (Å²) in [6.07, 6.45) is 1.60. The highest BCUT2D eigenvalue weighted by molar-refractivity contribution is 8.15. The molecule has 2 amide bonds. The van der Waals surface area contributed by atoms with Gasteiger partial charge in [0.15, 0.2) is 5.17 Å². The number of hydrogen-bond acceptors (Lipinski definition) is 5. The van der Waals surface area contributed by atoms with Crippen LogP contribution in [0.15, 0.2) is 89.0 Å². The summed E-state index contributed by atoms with van der Waals surface area (Å²) in [5.41, 5.74) is 4.77. The molecule has 0 bridgehead atoms. The van der Waals surface area contributed by atoms with Gasteiger partial charge in [-0.1, -0.05) is 73.3 Å². The Balaban J connectivity index is 1.34. The lowest BCUT2D eigenvalue weighted by atomic mass is 9.97. The molecule has 0 aliphatic carbocycles. The highest BCUT2D eigenvalue weighted by Gasteiger charge is 2.39. The quantitative estimate of drug-likeness (QED) is 0.481. The number of aryl methyl sites for hydroxylation is 1. The van der Waals surface area contributed by atoms with Crippen LogP contribution in [0, 0.1) is 5.82 Å². The van der Waals surface area contributed by atoms with Gasteiger partial charge in [-0.25, -0.2) is 9.40 Å². The molecule has 5 rings (SSSR count). The normalized spacial score (nSPS) is 19.3. The second-order valence-corrected chi connectivity index (χ2v) is 9.84. The molecule has 3 aromatic carbocycles. The third kappa shape index (κ3) is 5.23. The molecular weight excluding hydrogens is 475 g/mol. The summed E-state index contributed by atoms with van der Waals surface area (Å²) in [7, 11) is 0. The summed E-state index contributed by atoms with van der Waals surface area (Å²) >= 11 is 1.26. The van der Waals surface area contributed by atoms with Crippen molar-refractivity contribution >= 4 is 40.1 Å². The lowest BCUT2D eigenvalue weighted by molar-refractivity contribution is -0.121. The topological polar surface area (TPSA) is 74.1 Å². The lowest BCUT2D eigenvalue weighted by Gasteiger charge is -2.23. The molecule has 3 aromatic rings. The third-order valence-corrected chi connectivity index (χ3v) is 7.36. The average molecular weight is 501 g/mol. The Morgan fingerprint density at radius 2 is 1.78 bits per heavy atom. The van der Waals surface area contributed by atoms with Crippen LogP contribution in [0.1, 0.15) is 42.5 Å². The van der Waals surface area contributed by atoms with Crippen LogP contribution in [0.5, 0.6) is 0 Å². The molecule has 6 nitrogen and oxygen atoms in total. The first kappa shape index (κ1) is 23.9. The van der Waals surface area contributed by atoms with Crippen LogP contribution in [-0.4, -0.2) is 33.0 Å². The van der Waals surface area contributed by atoms with Crippen molar-refractivity contribution in [3.8, 4) is 0 Å². The van der Waals surface area contributed by atoms with E-state index in [1.165, 1.54) is 41.6 Å². The van der Waals surface area contributed by atoms with Gasteiger partial charge in [-0.3, -0.25) is 9.59 Å². The molecule has 0 saturated heterocycles. The molecule has 0 aromatic heterocycles. The van der Waals surface area contributed by atoms with Gasteiger partial charge in [-0.15, -0.1) is 0 Å². The van der Waals surface area contributed by atoms with Crippen LogP contribution in [0.2, 0.25) is 0 Å². The predicted molar refractivity (Wildman–Crippen MR) is 141 cm³/mol. The second kappa shape index (κ2) is 10.5. The maximum absolute atomic E-state index is 13.1. The minimum atomic E-state index is -0.639. The van der Waals surface area contributed by atoms with Crippen molar-refractivity contribution in [2.45, 2.75) is 37.5 Å². The Bertz CT molecular complexity index is 1320. The molecule has 8 heteroatoms. The molecule has 0 saturated carbocycles. The van der Waals surface area contributed by atoms with Crippen LogP contribution >= 0.6 is 11.8 Å². The number of halogens is 1. The molecule has 2 aliphatic heterocycles. The molecule has 182 valence electrons. The number of thioether (sulfide) groups is 1. The first-order chi connectivity index (χ1) is 17.5. The number of carbonyl (C=O) groups is 2. The highest BCUT2D eigenvalue weighted by Crippen LogP contribution is 2.38. The van der Waals surface area contributed by atoms with Crippen molar-refractivity contribution in [3.05, 3.63) is 101 Å². The monoisotopic (exact) mass is 500 g/mol. The van der Waals surface area contributed by atoms with E-state index < -0.39 is 5.25 Å². The number of hydrazone groups is 1. The minimum absolute atomic E-state index is 0.0349. The molecule has 0 unspecified atom stereocenters. The van der Waals surface area contributed by atoms with Gasteiger partial charge in [-0.05, 0) is 47.4 Å². The maximum Gasteiger partial charge on any atom is 0.262 e. The fourth-order valence-corrected chi connectivity index (χ4v) is 5.31. The molecule has 36 heavy (non-hydrogen) atoms. The maximum atomic E-state index is 13.1. The van der Waals surface area contributed by atoms with Crippen molar-refractivity contribution in [1.82, 2.24) is 5.01 Å². The van der Waals surface area contributed by atoms with Gasteiger partial charge in [0.05, 0.1) is 11.8 Å². The van der Waals surface area contributed by atoms with Gasteiger partial charge < -0.3 is 5.32 Å². The summed E-state index contributed by atoms with van der Waals surface area (Å²) in [4.78, 5) is 29.6. The fourth-order valence-electron chi connectivity index (χ4n) is 4.25. The molecule has 1 N–H and O–H groups in total. The molecule has 2 aliphatic rings. The molecular formula is C28H25FN4O2S. The van der Waals surface area contributed by atoms with Gasteiger partial charge >= 0.3 is 0 Å². The van der Waals surface area contributed by atoms with Crippen molar-refractivity contribution in [2.24, 2.45) is 10.1 Å². The van der Waals surface area contributed by atoms with E-state index in [1.54, 1.807) is 0 Å². The molecule has 0 radical (unpaired) electrons. The first-order valence-corrected chi connectivity index (χ1v) is 12.7. The minimum Gasteiger partial charge on any atom is -0.326 e. The average Bonchev–Trinajstić information content (AvgIpc) is 3.50. The summed E-state index contributed by atoms with van der Waals surface area (Å²) in [5.74, 6) is -1.06. The van der Waals surface area contributed by atoms with E-state index in [0.29, 0.717) is 17.3 Å². The fraction of sp³-hybridized carbons (Fsp3) is 0.214. The Hall–Kier alpha value is -3.78. The van der Waals surface area contributed by atoms with Gasteiger partial charge in [0, 0.05) is 18.5 Å². The SMILES string of the molecule is CCc1ccc([C@H]2CC(c3ccccc3)=NN2C2=NC(=O)[C@H](CC(=O)Nc3ccc(F)cc3)S2)cc1. The van der Waals surface area contributed by atoms with Crippen LogP contribution < -0.4 is 5.32 Å². The van der Waals surface area contributed by atoms with E-state index in [0.717, 1.165) is 23.3 Å². The molecule has 2 heterocycles. The Morgan fingerprint density at radius 1 is 1.06 bits per heavy atom. The predicted octanol–water partition coefficient (Wildman–Crippen LogP) is 5.57. The van der Waals surface area contributed by atoms with E-state index in [2.05, 4.69) is 41.5 Å². The van der Waals surface area contributed by atoms with Crippen molar-refractivity contribution in [3.63, 3.8) is 0 Å². The number of anilines is 1. The zero-order valence-corrected chi connectivity index (χ0v) is 20.5. The number of carbonyl (C=O) groups excluding carboxylic acids is 2. The summed E-state index contributed by atoms with van der Waals surface area (Å²) in [5, 5.41) is 9.27. The van der Waals surface area contributed by atoms with E-state index in [4.69, 9.17) is 5.10 Å². The number of nitrogens with one attached hydrogen (secondary N) is 1. The summed E-state index contributed by atoms with van der Waals surface area (Å²) in [6, 6.07) is 23.8. The van der Waals surface area contributed by atoms with Crippen LogP contribution in [0.4, 0.5) is 10.1 Å². The van der Waals surface area contributed by atoms with Gasteiger partial charge in [0.25, 0.3) is 5.91 Å². The van der Waals surface area contributed by atoms with E-state index in [1.807, 2.05) is 35.3 Å². The number of benzene rings is 3. The molecule has 2 atom stereocenters. The molecule has 0 spiro atoms. The van der Waals surface area contributed by atoms with Crippen LogP contribution in [0.25, 0.3) is 0 Å².